The van der Waals surface area contributed by atoms with E-state index in [1.807, 2.05) is 0 Å². The van der Waals surface area contributed by atoms with E-state index in [9.17, 15) is 9.90 Å². The summed E-state index contributed by atoms with van der Waals surface area (Å²) in [6.07, 6.45) is 20.4. The van der Waals surface area contributed by atoms with Crippen molar-refractivity contribution >= 4 is 6.09 Å². The largest absolute Gasteiger partial charge is 0.465 e. The van der Waals surface area contributed by atoms with E-state index in [2.05, 4.69) is 40.7 Å². The molecule has 3 fully saturated rings. The smallest absolute Gasteiger partial charge is 0.407 e. The molecule has 0 unspecified atom stereocenters. The van der Waals surface area contributed by atoms with Gasteiger partial charge in [0.15, 0.2) is 0 Å². The third kappa shape index (κ3) is 6.01. The summed E-state index contributed by atoms with van der Waals surface area (Å²) in [4.78, 5) is 14.0. The Hall–Kier alpha value is -1.03. The van der Waals surface area contributed by atoms with Crippen molar-refractivity contribution in [3.8, 4) is 0 Å². The van der Waals surface area contributed by atoms with Crippen molar-refractivity contribution < 1.29 is 9.90 Å². The maximum absolute atomic E-state index is 12.2. The van der Waals surface area contributed by atoms with E-state index in [0.717, 1.165) is 80.6 Å². The number of fused-ring (bicyclic) bond motifs is 5. The number of allylic oxidation sites excluding steroid dienone is 1. The van der Waals surface area contributed by atoms with E-state index >= 15 is 0 Å². The number of carboxylic acid groups (broad SMARTS) is 1. The maximum atomic E-state index is 12.2. The molecule has 0 saturated heterocycles. The number of amides is 1. The molecule has 3 saturated carbocycles. The lowest BCUT2D eigenvalue weighted by molar-refractivity contribution is -0.0541. The molecular weight excluding hydrogens is 468 g/mol. The van der Waals surface area contributed by atoms with E-state index in [4.69, 9.17) is 5.73 Å². The fourth-order valence-electron chi connectivity index (χ4n) is 10.1. The van der Waals surface area contributed by atoms with Crippen LogP contribution in [0.1, 0.15) is 131 Å². The van der Waals surface area contributed by atoms with Crippen LogP contribution in [0.2, 0.25) is 0 Å². The summed E-state index contributed by atoms with van der Waals surface area (Å²) in [7, 11) is 0. The third-order valence-electron chi connectivity index (χ3n) is 12.3. The van der Waals surface area contributed by atoms with Crippen LogP contribution in [0.4, 0.5) is 4.79 Å². The monoisotopic (exact) mass is 528 g/mol. The van der Waals surface area contributed by atoms with Crippen LogP contribution in [0.5, 0.6) is 0 Å². The minimum Gasteiger partial charge on any atom is -0.465 e. The zero-order valence-electron chi connectivity index (χ0n) is 25.5. The first-order valence-corrected chi connectivity index (χ1v) is 16.5. The highest BCUT2D eigenvalue weighted by molar-refractivity contribution is 5.65. The second-order valence-electron chi connectivity index (χ2n) is 14.9. The molecule has 0 aliphatic heterocycles. The second-order valence-corrected chi connectivity index (χ2v) is 14.9. The molecule has 0 spiro atoms. The Bertz CT molecular complexity index is 823. The van der Waals surface area contributed by atoms with Crippen molar-refractivity contribution in [3.63, 3.8) is 0 Å². The summed E-state index contributed by atoms with van der Waals surface area (Å²) in [5.41, 5.74) is 8.04. The molecule has 1 amide bonds. The fourth-order valence-corrected chi connectivity index (χ4v) is 10.1. The fraction of sp³-hybridized carbons (Fsp3) is 0.912. The molecule has 4 heteroatoms. The van der Waals surface area contributed by atoms with Gasteiger partial charge in [-0.2, -0.15) is 0 Å². The maximum Gasteiger partial charge on any atom is 0.407 e. The summed E-state index contributed by atoms with van der Waals surface area (Å²) < 4.78 is 0. The lowest BCUT2D eigenvalue weighted by Crippen LogP contribution is -2.52. The average molecular weight is 529 g/mol. The van der Waals surface area contributed by atoms with Crippen molar-refractivity contribution in [3.05, 3.63) is 11.6 Å². The van der Waals surface area contributed by atoms with Gasteiger partial charge in [-0.05, 0) is 117 Å². The number of unbranched alkanes of at least 4 members (excludes halogenated alkanes) is 3. The summed E-state index contributed by atoms with van der Waals surface area (Å²) in [6, 6.07) is 0.161. The van der Waals surface area contributed by atoms with Crippen LogP contribution in [0, 0.1) is 46.3 Å². The van der Waals surface area contributed by atoms with Gasteiger partial charge in [0.05, 0.1) is 0 Å². The van der Waals surface area contributed by atoms with Crippen LogP contribution in [-0.4, -0.2) is 35.2 Å². The zero-order chi connectivity index (χ0) is 27.5. The van der Waals surface area contributed by atoms with E-state index in [0.29, 0.717) is 12.0 Å². The first-order valence-electron chi connectivity index (χ1n) is 16.5. The van der Waals surface area contributed by atoms with Gasteiger partial charge < -0.3 is 15.7 Å². The van der Waals surface area contributed by atoms with E-state index in [1.165, 1.54) is 57.8 Å². The molecule has 3 N–H and O–H groups in total. The predicted octanol–water partition coefficient (Wildman–Crippen LogP) is 8.90. The molecule has 4 rings (SSSR count). The van der Waals surface area contributed by atoms with Gasteiger partial charge in [-0.1, -0.05) is 78.4 Å². The van der Waals surface area contributed by atoms with E-state index in [1.54, 1.807) is 10.5 Å². The summed E-state index contributed by atoms with van der Waals surface area (Å²) in [5.74, 6) is 5.11. The molecule has 4 nitrogen and oxygen atoms in total. The summed E-state index contributed by atoms with van der Waals surface area (Å²) in [5, 5.41) is 10.0. The SMILES string of the molecule is CC(C)CCC[C@@H](C)[C@H]1CC[C@H]2[C@@H]3CC=C4C[C@@H](N(CCCCCCN)C(=O)O)CC[C@]4(C)[C@H]3CC[C@]12C. The Kier molecular flexibility index (Phi) is 9.97. The molecule has 0 bridgehead atoms. The van der Waals surface area contributed by atoms with Crippen LogP contribution in [0.25, 0.3) is 0 Å². The van der Waals surface area contributed by atoms with Gasteiger partial charge in [-0.15, -0.1) is 0 Å². The van der Waals surface area contributed by atoms with Gasteiger partial charge in [0, 0.05) is 12.6 Å². The van der Waals surface area contributed by atoms with Crippen LogP contribution >= 0.6 is 0 Å². The molecule has 4 aliphatic rings. The lowest BCUT2D eigenvalue weighted by Gasteiger charge is -2.59. The predicted molar refractivity (Wildman–Crippen MR) is 159 cm³/mol. The molecule has 0 aromatic rings. The highest BCUT2D eigenvalue weighted by Gasteiger charge is 2.59. The minimum absolute atomic E-state index is 0.161. The molecule has 218 valence electrons. The molecular formula is C34H60N2O2. The molecule has 0 heterocycles. The van der Waals surface area contributed by atoms with Crippen molar-refractivity contribution in [2.45, 2.75) is 137 Å². The topological polar surface area (TPSA) is 66.6 Å². The number of carbonyl (C=O) groups is 1. The molecule has 4 aliphatic carbocycles. The number of hydrogen-bond donors (Lipinski definition) is 2. The van der Waals surface area contributed by atoms with Crippen LogP contribution < -0.4 is 5.73 Å². The van der Waals surface area contributed by atoms with Gasteiger partial charge in [0.25, 0.3) is 0 Å². The van der Waals surface area contributed by atoms with Crippen molar-refractivity contribution in [1.29, 1.82) is 0 Å². The lowest BCUT2D eigenvalue weighted by atomic mass is 9.46. The molecule has 0 aromatic carbocycles. The Morgan fingerprint density at radius 2 is 1.76 bits per heavy atom. The van der Waals surface area contributed by atoms with Gasteiger partial charge in [0.2, 0.25) is 0 Å². The first kappa shape index (κ1) is 29.9. The van der Waals surface area contributed by atoms with Crippen LogP contribution in [0.15, 0.2) is 11.6 Å². The quantitative estimate of drug-likeness (QED) is 0.196. The Morgan fingerprint density at radius 3 is 2.47 bits per heavy atom. The zero-order valence-corrected chi connectivity index (χ0v) is 25.5. The molecule has 8 atom stereocenters. The van der Waals surface area contributed by atoms with Crippen LogP contribution in [-0.2, 0) is 0 Å². The summed E-state index contributed by atoms with van der Waals surface area (Å²) >= 11 is 0. The second kappa shape index (κ2) is 12.6. The number of nitrogens with two attached hydrogens (primary N) is 1. The molecule has 38 heavy (non-hydrogen) atoms. The first-order chi connectivity index (χ1) is 18.1. The van der Waals surface area contributed by atoms with Crippen molar-refractivity contribution in [2.75, 3.05) is 13.1 Å². The molecule has 0 aromatic heterocycles. The Morgan fingerprint density at radius 1 is 1.00 bits per heavy atom. The average Bonchev–Trinajstić information content (AvgIpc) is 3.23. The number of nitrogens with zero attached hydrogens (tertiary/aromatic N) is 1. The van der Waals surface area contributed by atoms with E-state index in [-0.39, 0.29) is 11.5 Å². The normalized spacial score (nSPS) is 37.2. The Balaban J connectivity index is 1.41. The van der Waals surface area contributed by atoms with E-state index < -0.39 is 6.09 Å². The van der Waals surface area contributed by atoms with Gasteiger partial charge in [0.1, 0.15) is 0 Å². The number of hydrogen-bond acceptors (Lipinski definition) is 2. The number of rotatable bonds is 12. The van der Waals surface area contributed by atoms with Crippen molar-refractivity contribution in [2.24, 2.45) is 52.1 Å². The highest BCUT2D eigenvalue weighted by Crippen LogP contribution is 2.67. The minimum atomic E-state index is -0.723. The van der Waals surface area contributed by atoms with Gasteiger partial charge >= 0.3 is 6.09 Å². The van der Waals surface area contributed by atoms with Crippen molar-refractivity contribution in [1.82, 2.24) is 4.90 Å². The third-order valence-corrected chi connectivity index (χ3v) is 12.3. The standard InChI is InChI=1S/C34H60N2O2/c1-24(2)11-10-12-25(3)29-15-16-30-28-14-13-26-23-27(36(32(37)38)22-9-7-6-8-21-35)17-19-33(26,4)31(28)18-20-34(29,30)5/h13,24-25,27-31H,6-12,14-23,35H2,1-5H3,(H,37,38)/t25-,27+,28+,29-,30+,31+,33+,34-/m1/s1. The Labute approximate surface area is 234 Å². The van der Waals surface area contributed by atoms with Gasteiger partial charge in [-0.3, -0.25) is 0 Å². The molecule has 0 radical (unpaired) electrons. The van der Waals surface area contributed by atoms with Crippen LogP contribution in [0.3, 0.4) is 0 Å². The highest BCUT2D eigenvalue weighted by atomic mass is 16.4. The summed E-state index contributed by atoms with van der Waals surface area (Å²) in [6.45, 7) is 14.0. The van der Waals surface area contributed by atoms with Gasteiger partial charge in [-0.25, -0.2) is 4.79 Å².